The number of halogens is 1. The van der Waals surface area contributed by atoms with Crippen LogP contribution in [0.4, 0.5) is 0 Å². The molecule has 0 N–H and O–H groups in total. The van der Waals surface area contributed by atoms with Crippen molar-refractivity contribution in [1.29, 1.82) is 0 Å². The molecule has 8 heteroatoms. The van der Waals surface area contributed by atoms with Crippen molar-refractivity contribution in [2.75, 3.05) is 6.54 Å². The van der Waals surface area contributed by atoms with Crippen LogP contribution >= 0.6 is 11.6 Å². The van der Waals surface area contributed by atoms with E-state index in [9.17, 15) is 8.42 Å². The van der Waals surface area contributed by atoms with Crippen molar-refractivity contribution in [3.8, 4) is 0 Å². The first-order valence-electron chi connectivity index (χ1n) is 6.13. The molecule has 20 heavy (non-hydrogen) atoms. The summed E-state index contributed by atoms with van der Waals surface area (Å²) in [5, 5.41) is 7.73. The summed E-state index contributed by atoms with van der Waals surface area (Å²) in [6.45, 7) is 1.22. The molecule has 2 heterocycles. The molecule has 0 radical (unpaired) electrons. The number of aromatic nitrogens is 3. The topological polar surface area (TPSA) is 68.1 Å². The summed E-state index contributed by atoms with van der Waals surface area (Å²) in [6, 6.07) is 6.71. The van der Waals surface area contributed by atoms with Crippen molar-refractivity contribution < 1.29 is 8.42 Å². The highest BCUT2D eigenvalue weighted by Gasteiger charge is 2.29. The molecular weight excluding hydrogens is 300 g/mol. The van der Waals surface area contributed by atoms with E-state index in [0.717, 1.165) is 5.56 Å². The van der Waals surface area contributed by atoms with Gasteiger partial charge in [-0.25, -0.2) is 8.42 Å². The lowest BCUT2D eigenvalue weighted by Crippen LogP contribution is -2.38. The zero-order valence-electron chi connectivity index (χ0n) is 10.6. The summed E-state index contributed by atoms with van der Waals surface area (Å²) in [5.41, 5.74) is 0.785. The van der Waals surface area contributed by atoms with E-state index in [0.29, 0.717) is 18.9 Å². The van der Waals surface area contributed by atoms with Gasteiger partial charge in [0.05, 0.1) is 11.4 Å². The molecule has 1 aliphatic heterocycles. The molecule has 1 aromatic heterocycles. The lowest BCUT2D eigenvalue weighted by atomic mass is 10.2. The molecular formula is C12H13ClN4O2S. The molecule has 0 fully saturated rings. The van der Waals surface area contributed by atoms with Crippen LogP contribution in [0, 0.1) is 0 Å². The van der Waals surface area contributed by atoms with Crippen molar-refractivity contribution in [3.63, 3.8) is 0 Å². The molecule has 6 nitrogen and oxygen atoms in total. The van der Waals surface area contributed by atoms with Gasteiger partial charge in [0.25, 0.3) is 0 Å². The van der Waals surface area contributed by atoms with Crippen LogP contribution in [-0.2, 0) is 29.0 Å². The highest BCUT2D eigenvalue weighted by atomic mass is 35.5. The molecule has 1 aromatic carbocycles. The fraction of sp³-hybridized carbons (Fsp3) is 0.333. The lowest BCUT2D eigenvalue weighted by Gasteiger charge is -2.26. The van der Waals surface area contributed by atoms with Gasteiger partial charge in [0, 0.05) is 19.0 Å². The predicted octanol–water partition coefficient (Wildman–Crippen LogP) is 1.22. The van der Waals surface area contributed by atoms with Gasteiger partial charge in [-0.2, -0.15) is 4.31 Å². The zero-order valence-corrected chi connectivity index (χ0v) is 12.2. The summed E-state index contributed by atoms with van der Waals surface area (Å²) in [4.78, 5) is 0.267. The van der Waals surface area contributed by atoms with Gasteiger partial charge in [-0.3, -0.25) is 0 Å². The Labute approximate surface area is 122 Å². The summed E-state index contributed by atoms with van der Waals surface area (Å²) in [6.07, 6.45) is 1.62. The summed E-state index contributed by atoms with van der Waals surface area (Å²) in [5.74, 6) is 0.950. The van der Waals surface area contributed by atoms with Crippen LogP contribution in [0.15, 0.2) is 35.5 Å². The molecule has 3 rings (SSSR count). The van der Waals surface area contributed by atoms with Crippen molar-refractivity contribution in [3.05, 3.63) is 42.0 Å². The first-order chi connectivity index (χ1) is 9.61. The Balaban J connectivity index is 1.93. The van der Waals surface area contributed by atoms with E-state index >= 15 is 0 Å². The van der Waals surface area contributed by atoms with E-state index in [-0.39, 0.29) is 17.3 Å². The van der Waals surface area contributed by atoms with Crippen molar-refractivity contribution in [1.82, 2.24) is 19.1 Å². The molecule has 0 unspecified atom stereocenters. The van der Waals surface area contributed by atoms with Crippen molar-refractivity contribution in [2.45, 2.75) is 23.9 Å². The van der Waals surface area contributed by atoms with Crippen LogP contribution in [0.2, 0.25) is 0 Å². The largest absolute Gasteiger partial charge is 0.315 e. The van der Waals surface area contributed by atoms with E-state index in [1.165, 1.54) is 4.31 Å². The smallest absolute Gasteiger partial charge is 0.243 e. The summed E-state index contributed by atoms with van der Waals surface area (Å²) >= 11 is 5.76. The number of nitrogens with zero attached hydrogens (tertiary/aromatic N) is 4. The van der Waals surface area contributed by atoms with Crippen molar-refractivity contribution >= 4 is 21.6 Å². The average molecular weight is 313 g/mol. The van der Waals surface area contributed by atoms with Gasteiger partial charge < -0.3 is 4.57 Å². The minimum Gasteiger partial charge on any atom is -0.315 e. The number of alkyl halides is 1. The fourth-order valence-corrected chi connectivity index (χ4v) is 3.81. The number of benzene rings is 1. The fourth-order valence-electron chi connectivity index (χ4n) is 2.19. The first-order valence-corrected chi connectivity index (χ1v) is 8.10. The van der Waals surface area contributed by atoms with Gasteiger partial charge in [0.2, 0.25) is 10.0 Å². The van der Waals surface area contributed by atoms with Gasteiger partial charge in [-0.05, 0) is 17.7 Å². The van der Waals surface area contributed by atoms with E-state index in [2.05, 4.69) is 10.2 Å². The Kier molecular flexibility index (Phi) is 3.49. The molecule has 0 aliphatic carbocycles. The zero-order chi connectivity index (χ0) is 14.2. The quantitative estimate of drug-likeness (QED) is 0.799. The Morgan fingerprint density at radius 2 is 2.15 bits per heavy atom. The summed E-state index contributed by atoms with van der Waals surface area (Å²) in [7, 11) is -3.52. The number of fused-ring (bicyclic) bond motifs is 1. The second-order valence-corrected chi connectivity index (χ2v) is 6.77. The molecule has 0 amide bonds. The maximum absolute atomic E-state index is 12.6. The van der Waals surface area contributed by atoms with E-state index in [1.807, 2.05) is 4.57 Å². The van der Waals surface area contributed by atoms with E-state index in [4.69, 9.17) is 11.6 Å². The predicted molar refractivity (Wildman–Crippen MR) is 73.6 cm³/mol. The van der Waals surface area contributed by atoms with Gasteiger partial charge in [-0.15, -0.1) is 21.8 Å². The Morgan fingerprint density at radius 1 is 1.30 bits per heavy atom. The molecule has 0 bridgehead atoms. The highest BCUT2D eigenvalue weighted by Crippen LogP contribution is 2.21. The number of rotatable bonds is 3. The Bertz CT molecular complexity index is 729. The van der Waals surface area contributed by atoms with Crippen LogP contribution in [0.3, 0.4) is 0 Å². The molecule has 2 aromatic rings. The molecule has 1 aliphatic rings. The number of sulfonamides is 1. The van der Waals surface area contributed by atoms with Crippen LogP contribution in [-0.4, -0.2) is 34.0 Å². The molecule has 0 spiro atoms. The average Bonchev–Trinajstić information content (AvgIpc) is 2.94. The second kappa shape index (κ2) is 5.16. The molecule has 0 saturated heterocycles. The Hall–Kier alpha value is -1.44. The third-order valence-electron chi connectivity index (χ3n) is 3.29. The van der Waals surface area contributed by atoms with E-state index in [1.54, 1.807) is 30.6 Å². The third kappa shape index (κ3) is 2.32. The monoisotopic (exact) mass is 312 g/mol. The second-order valence-electron chi connectivity index (χ2n) is 4.56. The maximum atomic E-state index is 12.6. The van der Waals surface area contributed by atoms with Crippen LogP contribution in [0.25, 0.3) is 0 Å². The van der Waals surface area contributed by atoms with Crippen LogP contribution in [0.5, 0.6) is 0 Å². The molecule has 0 atom stereocenters. The van der Waals surface area contributed by atoms with Crippen LogP contribution in [0.1, 0.15) is 11.4 Å². The minimum absolute atomic E-state index is 0.243. The van der Waals surface area contributed by atoms with Gasteiger partial charge in [0.1, 0.15) is 12.2 Å². The first kappa shape index (κ1) is 13.5. The minimum atomic E-state index is -3.52. The molecule has 106 valence electrons. The molecule has 0 saturated carbocycles. The van der Waals surface area contributed by atoms with E-state index < -0.39 is 10.0 Å². The van der Waals surface area contributed by atoms with Crippen LogP contribution < -0.4 is 0 Å². The number of hydrogen-bond donors (Lipinski definition) is 0. The van der Waals surface area contributed by atoms with Gasteiger partial charge in [-0.1, -0.05) is 12.1 Å². The number of hydrogen-bond acceptors (Lipinski definition) is 4. The lowest BCUT2D eigenvalue weighted by molar-refractivity contribution is 0.335. The normalized spacial score (nSPS) is 16.1. The SMILES string of the molecule is O=S(=O)(c1cccc(CCl)c1)N1CCn2cnnc2C1. The standard InChI is InChI=1S/C12H13ClN4O2S/c13-7-10-2-1-3-11(6-10)20(18,19)17-5-4-16-9-14-15-12(16)8-17/h1-3,6,9H,4-5,7-8H2. The maximum Gasteiger partial charge on any atom is 0.243 e. The van der Waals surface area contributed by atoms with Gasteiger partial charge in [0.15, 0.2) is 0 Å². The van der Waals surface area contributed by atoms with Gasteiger partial charge >= 0.3 is 0 Å². The highest BCUT2D eigenvalue weighted by molar-refractivity contribution is 7.89. The summed E-state index contributed by atoms with van der Waals surface area (Å²) < 4.78 is 28.5. The Morgan fingerprint density at radius 3 is 2.95 bits per heavy atom. The third-order valence-corrected chi connectivity index (χ3v) is 5.44. The van der Waals surface area contributed by atoms with Crippen molar-refractivity contribution in [2.24, 2.45) is 0 Å².